The lowest BCUT2D eigenvalue weighted by Crippen LogP contribution is -2.33. The average Bonchev–Trinajstić information content (AvgIpc) is 2.32. The van der Waals surface area contributed by atoms with E-state index in [0.29, 0.717) is 5.56 Å². The molecule has 2 rings (SSSR count). The maximum Gasteiger partial charge on any atom is 0.573 e. The molecule has 102 valence electrons. The van der Waals surface area contributed by atoms with Crippen molar-refractivity contribution in [1.82, 2.24) is 5.01 Å². The third-order valence-electron chi connectivity index (χ3n) is 2.27. The summed E-state index contributed by atoms with van der Waals surface area (Å²) in [7, 11) is 1.46. The van der Waals surface area contributed by atoms with Gasteiger partial charge in [-0.15, -0.1) is 18.3 Å². The Kier molecular flexibility index (Phi) is 3.32. The zero-order chi connectivity index (χ0) is 14.0. The number of ether oxygens (including phenoxy) is 2. The lowest BCUT2D eigenvalue weighted by atomic mass is 10.2. The summed E-state index contributed by atoms with van der Waals surface area (Å²) in [6.45, 7) is -0.157. The first kappa shape index (κ1) is 13.2. The van der Waals surface area contributed by atoms with E-state index in [9.17, 15) is 18.0 Å². The number of hydrogen-bond donors (Lipinski definition) is 0. The smallest absolute Gasteiger partial charge is 0.466 e. The third kappa shape index (κ3) is 3.36. The Morgan fingerprint density at radius 1 is 1.32 bits per heavy atom. The van der Waals surface area contributed by atoms with Gasteiger partial charge in [0.15, 0.2) is 6.61 Å². The van der Waals surface area contributed by atoms with Crippen LogP contribution in [-0.4, -0.2) is 36.8 Å². The van der Waals surface area contributed by atoms with Crippen LogP contribution in [0.4, 0.5) is 13.2 Å². The van der Waals surface area contributed by atoms with Crippen LogP contribution in [0.25, 0.3) is 0 Å². The van der Waals surface area contributed by atoms with Gasteiger partial charge in [0, 0.05) is 12.6 Å². The van der Waals surface area contributed by atoms with Crippen LogP contribution in [0.2, 0.25) is 0 Å². The number of rotatable bonds is 2. The SMILES string of the molecule is CN1N=C(c2ccc(OC(F)(F)F)cc2)OCC1=O. The van der Waals surface area contributed by atoms with Gasteiger partial charge in [-0.1, -0.05) is 0 Å². The van der Waals surface area contributed by atoms with E-state index in [1.165, 1.54) is 19.2 Å². The van der Waals surface area contributed by atoms with E-state index in [4.69, 9.17) is 4.74 Å². The van der Waals surface area contributed by atoms with E-state index in [1.807, 2.05) is 0 Å². The molecule has 1 heterocycles. The highest BCUT2D eigenvalue weighted by Gasteiger charge is 2.31. The topological polar surface area (TPSA) is 51.1 Å². The minimum Gasteiger partial charge on any atom is -0.466 e. The highest BCUT2D eigenvalue weighted by Crippen LogP contribution is 2.23. The molecule has 0 aromatic heterocycles. The molecule has 1 aliphatic heterocycles. The normalized spacial score (nSPS) is 15.9. The van der Waals surface area contributed by atoms with Gasteiger partial charge < -0.3 is 9.47 Å². The summed E-state index contributed by atoms with van der Waals surface area (Å²) in [6.07, 6.45) is -4.73. The molecule has 0 bridgehead atoms. The second kappa shape index (κ2) is 4.79. The predicted octanol–water partition coefficient (Wildman–Crippen LogP) is 1.74. The second-order valence-electron chi connectivity index (χ2n) is 3.68. The maximum atomic E-state index is 12.0. The molecular weight excluding hydrogens is 265 g/mol. The number of amides is 1. The first-order valence-electron chi connectivity index (χ1n) is 5.19. The van der Waals surface area contributed by atoms with Crippen LogP contribution in [0, 0.1) is 0 Å². The minimum atomic E-state index is -4.73. The molecule has 0 saturated heterocycles. The molecule has 1 aromatic carbocycles. The lowest BCUT2D eigenvalue weighted by Gasteiger charge is -2.20. The van der Waals surface area contributed by atoms with E-state index in [0.717, 1.165) is 17.1 Å². The van der Waals surface area contributed by atoms with Gasteiger partial charge in [-0.25, -0.2) is 5.01 Å². The van der Waals surface area contributed by atoms with E-state index in [2.05, 4.69) is 9.84 Å². The molecule has 0 spiro atoms. The zero-order valence-corrected chi connectivity index (χ0v) is 9.77. The number of benzene rings is 1. The van der Waals surface area contributed by atoms with Crippen molar-refractivity contribution >= 4 is 11.8 Å². The molecule has 8 heteroatoms. The number of hydrogen-bond acceptors (Lipinski definition) is 4. The van der Waals surface area contributed by atoms with Crippen LogP contribution < -0.4 is 4.74 Å². The molecule has 0 unspecified atom stereocenters. The molecule has 0 N–H and O–H groups in total. The third-order valence-corrected chi connectivity index (χ3v) is 2.27. The van der Waals surface area contributed by atoms with E-state index >= 15 is 0 Å². The summed E-state index contributed by atoms with van der Waals surface area (Å²) in [6, 6.07) is 5.02. The standard InChI is InChI=1S/C11H9F3N2O3/c1-16-9(17)6-18-10(15-16)7-2-4-8(5-3-7)19-11(12,13)14/h2-5H,6H2,1H3. The molecule has 0 saturated carbocycles. The zero-order valence-electron chi connectivity index (χ0n) is 9.77. The van der Waals surface area contributed by atoms with Gasteiger partial charge in [-0.3, -0.25) is 4.79 Å². The van der Waals surface area contributed by atoms with Crippen LogP contribution in [0.5, 0.6) is 5.75 Å². The van der Waals surface area contributed by atoms with Crippen molar-refractivity contribution in [1.29, 1.82) is 0 Å². The van der Waals surface area contributed by atoms with Crippen molar-refractivity contribution in [2.75, 3.05) is 13.7 Å². The molecule has 1 amide bonds. The number of carbonyl (C=O) groups excluding carboxylic acids is 1. The molecule has 19 heavy (non-hydrogen) atoms. The minimum absolute atomic E-state index is 0.157. The van der Waals surface area contributed by atoms with Gasteiger partial charge in [-0.2, -0.15) is 0 Å². The number of alkyl halides is 3. The van der Waals surface area contributed by atoms with Gasteiger partial charge in [-0.05, 0) is 24.3 Å². The summed E-state index contributed by atoms with van der Waals surface area (Å²) in [5, 5.41) is 4.96. The fourth-order valence-electron chi connectivity index (χ4n) is 1.38. The fraction of sp³-hybridized carbons (Fsp3) is 0.273. The van der Waals surface area contributed by atoms with Crippen LogP contribution in [-0.2, 0) is 9.53 Å². The molecule has 0 radical (unpaired) electrons. The van der Waals surface area contributed by atoms with Crippen molar-refractivity contribution in [3.05, 3.63) is 29.8 Å². The quantitative estimate of drug-likeness (QED) is 0.825. The Hall–Kier alpha value is -2.25. The predicted molar refractivity (Wildman–Crippen MR) is 58.4 cm³/mol. The number of hydrazone groups is 1. The highest BCUT2D eigenvalue weighted by atomic mass is 19.4. The van der Waals surface area contributed by atoms with Crippen LogP contribution in [0.3, 0.4) is 0 Å². The van der Waals surface area contributed by atoms with Crippen molar-refractivity contribution in [3.8, 4) is 5.75 Å². The Balaban J connectivity index is 2.15. The monoisotopic (exact) mass is 274 g/mol. The Morgan fingerprint density at radius 3 is 2.47 bits per heavy atom. The first-order valence-corrected chi connectivity index (χ1v) is 5.19. The Bertz CT molecular complexity index is 511. The van der Waals surface area contributed by atoms with Gasteiger partial charge in [0.05, 0.1) is 0 Å². The van der Waals surface area contributed by atoms with Gasteiger partial charge in [0.2, 0.25) is 5.90 Å². The molecular formula is C11H9F3N2O3. The Morgan fingerprint density at radius 2 is 1.95 bits per heavy atom. The average molecular weight is 274 g/mol. The number of nitrogens with zero attached hydrogens (tertiary/aromatic N) is 2. The van der Waals surface area contributed by atoms with E-state index in [1.54, 1.807) is 0 Å². The van der Waals surface area contributed by atoms with Crippen molar-refractivity contribution in [3.63, 3.8) is 0 Å². The number of carbonyl (C=O) groups is 1. The second-order valence-corrected chi connectivity index (χ2v) is 3.68. The maximum absolute atomic E-state index is 12.0. The largest absolute Gasteiger partial charge is 0.573 e. The van der Waals surface area contributed by atoms with Crippen molar-refractivity contribution in [2.45, 2.75) is 6.36 Å². The number of likely N-dealkylation sites (N-methyl/N-ethyl adjacent to an activating group) is 1. The van der Waals surface area contributed by atoms with Gasteiger partial charge >= 0.3 is 6.36 Å². The first-order chi connectivity index (χ1) is 8.85. The lowest BCUT2D eigenvalue weighted by molar-refractivity contribution is -0.274. The summed E-state index contributed by atoms with van der Waals surface area (Å²) < 4.78 is 44.7. The van der Waals surface area contributed by atoms with E-state index in [-0.39, 0.29) is 24.2 Å². The molecule has 1 aromatic rings. The van der Waals surface area contributed by atoms with Crippen LogP contribution >= 0.6 is 0 Å². The summed E-state index contributed by atoms with van der Waals surface area (Å²) in [5.41, 5.74) is 0.453. The van der Waals surface area contributed by atoms with Crippen molar-refractivity contribution < 1.29 is 27.4 Å². The molecule has 0 fully saturated rings. The Labute approximate surface area is 106 Å². The summed E-state index contributed by atoms with van der Waals surface area (Å²) >= 11 is 0. The van der Waals surface area contributed by atoms with Crippen LogP contribution in [0.15, 0.2) is 29.4 Å². The highest BCUT2D eigenvalue weighted by molar-refractivity contribution is 5.97. The molecule has 1 aliphatic rings. The molecule has 5 nitrogen and oxygen atoms in total. The number of halogens is 3. The van der Waals surface area contributed by atoms with Gasteiger partial charge in [0.1, 0.15) is 5.75 Å². The molecule has 0 atom stereocenters. The van der Waals surface area contributed by atoms with Crippen molar-refractivity contribution in [2.24, 2.45) is 5.10 Å². The van der Waals surface area contributed by atoms with Gasteiger partial charge in [0.25, 0.3) is 5.91 Å². The van der Waals surface area contributed by atoms with Crippen LogP contribution in [0.1, 0.15) is 5.56 Å². The molecule has 0 aliphatic carbocycles. The summed E-state index contributed by atoms with van der Waals surface area (Å²) in [4.78, 5) is 11.1. The summed E-state index contributed by atoms with van der Waals surface area (Å²) in [5.74, 6) is -0.474. The fourth-order valence-corrected chi connectivity index (χ4v) is 1.38. The van der Waals surface area contributed by atoms with E-state index < -0.39 is 6.36 Å².